The van der Waals surface area contributed by atoms with Crippen molar-refractivity contribution < 1.29 is 13.9 Å². The van der Waals surface area contributed by atoms with Gasteiger partial charge in [0.15, 0.2) is 6.17 Å². The third-order valence-electron chi connectivity index (χ3n) is 3.55. The lowest BCUT2D eigenvalue weighted by molar-refractivity contribution is -0.0954. The minimum atomic E-state index is -1.13. The Balaban J connectivity index is 1.99. The van der Waals surface area contributed by atoms with Crippen LogP contribution >= 0.6 is 0 Å². The van der Waals surface area contributed by atoms with Gasteiger partial charge in [-0.15, -0.1) is 0 Å². The molecular formula is C13H12FNO2. The molecule has 1 spiro atoms. The van der Waals surface area contributed by atoms with E-state index in [2.05, 4.69) is 6.07 Å². The van der Waals surface area contributed by atoms with Gasteiger partial charge in [-0.2, -0.15) is 5.26 Å². The Kier molecular flexibility index (Phi) is 2.30. The van der Waals surface area contributed by atoms with Gasteiger partial charge in [0.25, 0.3) is 0 Å². The van der Waals surface area contributed by atoms with Crippen molar-refractivity contribution in [2.24, 2.45) is 0 Å². The highest BCUT2D eigenvalue weighted by atomic mass is 19.1. The van der Waals surface area contributed by atoms with Gasteiger partial charge < -0.3 is 9.47 Å². The van der Waals surface area contributed by atoms with Crippen LogP contribution in [0, 0.1) is 11.3 Å². The third kappa shape index (κ3) is 1.50. The molecule has 0 saturated carbocycles. The van der Waals surface area contributed by atoms with E-state index in [1.165, 1.54) is 0 Å². The Morgan fingerprint density at radius 3 is 3.12 bits per heavy atom. The number of alkyl halides is 1. The van der Waals surface area contributed by atoms with E-state index in [4.69, 9.17) is 14.7 Å². The monoisotopic (exact) mass is 233 g/mol. The number of rotatable bonds is 0. The van der Waals surface area contributed by atoms with Crippen molar-refractivity contribution in [3.8, 4) is 11.8 Å². The van der Waals surface area contributed by atoms with Crippen molar-refractivity contribution in [2.75, 3.05) is 13.2 Å². The van der Waals surface area contributed by atoms with Gasteiger partial charge in [-0.3, -0.25) is 0 Å². The molecule has 1 saturated heterocycles. The van der Waals surface area contributed by atoms with E-state index >= 15 is 0 Å². The number of ether oxygens (including phenoxy) is 2. The highest BCUT2D eigenvalue weighted by molar-refractivity contribution is 5.50. The van der Waals surface area contributed by atoms with Crippen LogP contribution in [0.2, 0.25) is 0 Å². The number of hydrogen-bond donors (Lipinski definition) is 0. The molecule has 3 rings (SSSR count). The van der Waals surface area contributed by atoms with E-state index in [9.17, 15) is 4.39 Å². The van der Waals surface area contributed by atoms with E-state index in [0.717, 1.165) is 5.56 Å². The molecule has 88 valence electrons. The first-order valence-electron chi connectivity index (χ1n) is 5.68. The molecule has 0 aliphatic carbocycles. The van der Waals surface area contributed by atoms with Gasteiger partial charge in [0.05, 0.1) is 24.8 Å². The van der Waals surface area contributed by atoms with Crippen LogP contribution < -0.4 is 4.74 Å². The molecule has 2 aliphatic heterocycles. The molecule has 2 unspecified atom stereocenters. The zero-order chi connectivity index (χ0) is 11.9. The quantitative estimate of drug-likeness (QED) is 0.688. The highest BCUT2D eigenvalue weighted by Crippen LogP contribution is 2.42. The summed E-state index contributed by atoms with van der Waals surface area (Å²) in [5, 5.41) is 9.03. The number of nitriles is 1. The van der Waals surface area contributed by atoms with Crippen molar-refractivity contribution >= 4 is 0 Å². The van der Waals surface area contributed by atoms with Gasteiger partial charge in [0.2, 0.25) is 0 Å². The minimum Gasteiger partial charge on any atom is -0.483 e. The number of benzene rings is 1. The number of hydrogen-bond acceptors (Lipinski definition) is 3. The molecule has 1 fully saturated rings. The molecule has 17 heavy (non-hydrogen) atoms. The van der Waals surface area contributed by atoms with Crippen LogP contribution in [-0.4, -0.2) is 25.0 Å². The van der Waals surface area contributed by atoms with Crippen LogP contribution in [0.3, 0.4) is 0 Å². The van der Waals surface area contributed by atoms with Gasteiger partial charge in [-0.05, 0) is 12.1 Å². The van der Waals surface area contributed by atoms with Crippen molar-refractivity contribution in [3.63, 3.8) is 0 Å². The molecule has 2 heterocycles. The lowest BCUT2D eigenvalue weighted by Crippen LogP contribution is -2.50. The summed E-state index contributed by atoms with van der Waals surface area (Å²) >= 11 is 0. The van der Waals surface area contributed by atoms with Crippen LogP contribution in [0.1, 0.15) is 17.5 Å². The molecule has 4 heteroatoms. The Morgan fingerprint density at radius 1 is 1.47 bits per heavy atom. The Morgan fingerprint density at radius 2 is 2.35 bits per heavy atom. The first-order chi connectivity index (χ1) is 8.25. The zero-order valence-electron chi connectivity index (χ0n) is 9.28. The van der Waals surface area contributed by atoms with E-state index in [0.29, 0.717) is 30.8 Å². The maximum Gasteiger partial charge on any atom is 0.163 e. The molecule has 2 atom stereocenters. The fourth-order valence-electron chi connectivity index (χ4n) is 2.56. The predicted octanol–water partition coefficient (Wildman–Crippen LogP) is 1.99. The second-order valence-electron chi connectivity index (χ2n) is 4.53. The van der Waals surface area contributed by atoms with Gasteiger partial charge in [0, 0.05) is 18.4 Å². The average Bonchev–Trinajstić information content (AvgIpc) is 2.72. The summed E-state index contributed by atoms with van der Waals surface area (Å²) in [5.41, 5.74) is 0.602. The van der Waals surface area contributed by atoms with Gasteiger partial charge in [-0.1, -0.05) is 6.07 Å². The minimum absolute atomic E-state index is 0.0792. The summed E-state index contributed by atoms with van der Waals surface area (Å²) in [6.45, 7) is 0.589. The van der Waals surface area contributed by atoms with Crippen LogP contribution in [-0.2, 0) is 11.2 Å². The first-order valence-corrected chi connectivity index (χ1v) is 5.68. The maximum absolute atomic E-state index is 14.0. The van der Waals surface area contributed by atoms with E-state index in [1.807, 2.05) is 0 Å². The summed E-state index contributed by atoms with van der Waals surface area (Å²) in [4.78, 5) is 0. The summed E-state index contributed by atoms with van der Waals surface area (Å²) in [5.74, 6) is 0.647. The number of fused-ring (bicyclic) bond motifs is 1. The molecule has 0 amide bonds. The second kappa shape index (κ2) is 3.71. The van der Waals surface area contributed by atoms with Gasteiger partial charge >= 0.3 is 0 Å². The topological polar surface area (TPSA) is 42.2 Å². The molecule has 1 aromatic rings. The fraction of sp³-hybridized carbons (Fsp3) is 0.462. The van der Waals surface area contributed by atoms with E-state index in [-0.39, 0.29) is 6.61 Å². The predicted molar refractivity (Wildman–Crippen MR) is 58.6 cm³/mol. The summed E-state index contributed by atoms with van der Waals surface area (Å²) < 4.78 is 24.9. The van der Waals surface area contributed by atoms with Crippen LogP contribution in [0.15, 0.2) is 18.2 Å². The normalized spacial score (nSPS) is 30.7. The van der Waals surface area contributed by atoms with Crippen molar-refractivity contribution in [3.05, 3.63) is 29.3 Å². The van der Waals surface area contributed by atoms with Gasteiger partial charge in [-0.25, -0.2) is 4.39 Å². The summed E-state index contributed by atoms with van der Waals surface area (Å²) in [7, 11) is 0. The average molecular weight is 233 g/mol. The standard InChI is InChI=1S/C13H12FNO2/c14-12-8-16-5-4-13(12)6-10-9(7-15)2-1-3-11(10)17-13/h1-3,12H,4-6,8H2. The van der Waals surface area contributed by atoms with Crippen molar-refractivity contribution in [2.45, 2.75) is 24.6 Å². The lowest BCUT2D eigenvalue weighted by Gasteiger charge is -2.35. The molecule has 0 aromatic heterocycles. The largest absolute Gasteiger partial charge is 0.483 e. The molecular weight excluding hydrogens is 221 g/mol. The van der Waals surface area contributed by atoms with Crippen molar-refractivity contribution in [1.29, 1.82) is 5.26 Å². The van der Waals surface area contributed by atoms with Crippen LogP contribution in [0.4, 0.5) is 4.39 Å². The molecule has 0 radical (unpaired) electrons. The Bertz CT molecular complexity index is 497. The van der Waals surface area contributed by atoms with Gasteiger partial charge in [0.1, 0.15) is 11.4 Å². The Labute approximate surface area is 98.8 Å². The second-order valence-corrected chi connectivity index (χ2v) is 4.53. The SMILES string of the molecule is N#Cc1cccc2c1CC1(CCOCC1F)O2. The van der Waals surface area contributed by atoms with Crippen LogP contribution in [0.5, 0.6) is 5.75 Å². The molecule has 1 aromatic carbocycles. The van der Waals surface area contributed by atoms with E-state index in [1.54, 1.807) is 18.2 Å². The summed E-state index contributed by atoms with van der Waals surface area (Å²) in [6.07, 6.45) is -0.125. The number of halogens is 1. The Hall–Kier alpha value is -1.60. The molecule has 0 bridgehead atoms. The summed E-state index contributed by atoms with van der Waals surface area (Å²) in [6, 6.07) is 7.44. The molecule has 0 N–H and O–H groups in total. The van der Waals surface area contributed by atoms with Crippen LogP contribution in [0.25, 0.3) is 0 Å². The third-order valence-corrected chi connectivity index (χ3v) is 3.55. The van der Waals surface area contributed by atoms with E-state index < -0.39 is 11.8 Å². The molecule has 3 nitrogen and oxygen atoms in total. The smallest absolute Gasteiger partial charge is 0.163 e. The lowest BCUT2D eigenvalue weighted by atomic mass is 9.87. The fourth-order valence-corrected chi connectivity index (χ4v) is 2.56. The highest BCUT2D eigenvalue weighted by Gasteiger charge is 2.49. The number of nitrogens with zero attached hydrogens (tertiary/aromatic N) is 1. The zero-order valence-corrected chi connectivity index (χ0v) is 9.28. The maximum atomic E-state index is 14.0. The van der Waals surface area contributed by atoms with Crippen molar-refractivity contribution in [1.82, 2.24) is 0 Å². The first kappa shape index (κ1) is 10.5. The molecule has 2 aliphatic rings.